The number of nitrogens with zero attached hydrogens (tertiary/aromatic N) is 4. The predicted molar refractivity (Wildman–Crippen MR) is 140 cm³/mol. The number of fused-ring (bicyclic) bond motifs is 1. The normalized spacial score (nSPS) is 13.7. The molecule has 0 aliphatic carbocycles. The standard InChI is InChI=1S/C27H26ClN5O2/c1-35-24-12-11-20(28)17-23(24)32-13-15-33(16-14-32)26-22-10-6-5-9-21(22)25(30-31-26)27(34)29-18-19-7-3-2-4-8-19/h2-12,17H,13-16,18H2,1H3,(H,29,34). The van der Waals surface area contributed by atoms with Crippen molar-refractivity contribution in [3.63, 3.8) is 0 Å². The van der Waals surface area contributed by atoms with Crippen LogP contribution in [0.3, 0.4) is 0 Å². The smallest absolute Gasteiger partial charge is 0.272 e. The van der Waals surface area contributed by atoms with Gasteiger partial charge in [-0.1, -0.05) is 66.2 Å². The van der Waals surface area contributed by atoms with Gasteiger partial charge in [-0.3, -0.25) is 4.79 Å². The monoisotopic (exact) mass is 487 g/mol. The molecule has 0 atom stereocenters. The molecule has 178 valence electrons. The number of piperazine rings is 1. The Hall–Kier alpha value is -3.84. The van der Waals surface area contributed by atoms with Crippen LogP contribution >= 0.6 is 11.6 Å². The van der Waals surface area contributed by atoms with Gasteiger partial charge < -0.3 is 19.9 Å². The lowest BCUT2D eigenvalue weighted by Crippen LogP contribution is -2.47. The highest BCUT2D eigenvalue weighted by Gasteiger charge is 2.24. The molecular weight excluding hydrogens is 462 g/mol. The van der Waals surface area contributed by atoms with Crippen LogP contribution in [0, 0.1) is 0 Å². The number of hydrogen-bond acceptors (Lipinski definition) is 6. The molecule has 1 saturated heterocycles. The third kappa shape index (κ3) is 4.86. The highest BCUT2D eigenvalue weighted by molar-refractivity contribution is 6.31. The number of carbonyl (C=O) groups excluding carboxylic acids is 1. The molecule has 2 heterocycles. The summed E-state index contributed by atoms with van der Waals surface area (Å²) >= 11 is 6.24. The van der Waals surface area contributed by atoms with Crippen molar-refractivity contribution in [1.82, 2.24) is 15.5 Å². The second-order valence-corrected chi connectivity index (χ2v) is 8.81. The molecule has 7 nitrogen and oxygen atoms in total. The van der Waals surface area contributed by atoms with Crippen molar-refractivity contribution in [2.24, 2.45) is 0 Å². The summed E-state index contributed by atoms with van der Waals surface area (Å²) in [5.41, 5.74) is 2.35. The van der Waals surface area contributed by atoms with E-state index in [1.54, 1.807) is 7.11 Å². The molecule has 0 bridgehead atoms. The molecular formula is C27H26ClN5O2. The van der Waals surface area contributed by atoms with Crippen molar-refractivity contribution in [1.29, 1.82) is 0 Å². The Morgan fingerprint density at radius 2 is 1.60 bits per heavy atom. The van der Waals surface area contributed by atoms with Crippen LogP contribution in [0.1, 0.15) is 16.1 Å². The number of amides is 1. The molecule has 0 unspecified atom stereocenters. The Labute approximate surface area is 209 Å². The SMILES string of the molecule is COc1ccc(Cl)cc1N1CCN(c2nnc(C(=O)NCc3ccccc3)c3ccccc23)CC1. The van der Waals surface area contributed by atoms with Gasteiger partial charge in [0.2, 0.25) is 0 Å². The van der Waals surface area contributed by atoms with Crippen LogP contribution in [0.5, 0.6) is 5.75 Å². The molecule has 5 rings (SSSR count). The van der Waals surface area contributed by atoms with E-state index in [-0.39, 0.29) is 5.91 Å². The first-order chi connectivity index (χ1) is 17.1. The summed E-state index contributed by atoms with van der Waals surface area (Å²) in [5.74, 6) is 1.36. The van der Waals surface area contributed by atoms with Crippen molar-refractivity contribution in [3.8, 4) is 5.75 Å². The van der Waals surface area contributed by atoms with Crippen molar-refractivity contribution in [3.05, 3.63) is 89.1 Å². The van der Waals surface area contributed by atoms with Gasteiger partial charge in [0.05, 0.1) is 12.8 Å². The van der Waals surface area contributed by atoms with Gasteiger partial charge in [-0.2, -0.15) is 0 Å². The maximum Gasteiger partial charge on any atom is 0.272 e. The molecule has 1 aromatic heterocycles. The fraction of sp³-hybridized carbons (Fsp3) is 0.222. The average molecular weight is 488 g/mol. The molecule has 3 aromatic carbocycles. The summed E-state index contributed by atoms with van der Waals surface area (Å²) in [6.07, 6.45) is 0. The number of aromatic nitrogens is 2. The Balaban J connectivity index is 1.35. The van der Waals surface area contributed by atoms with E-state index in [4.69, 9.17) is 16.3 Å². The van der Waals surface area contributed by atoms with E-state index in [0.717, 1.165) is 59.8 Å². The molecule has 1 aliphatic rings. The third-order valence-electron chi connectivity index (χ3n) is 6.24. The molecule has 0 saturated carbocycles. The molecule has 8 heteroatoms. The number of anilines is 2. The van der Waals surface area contributed by atoms with Gasteiger partial charge in [0.1, 0.15) is 5.75 Å². The molecule has 1 aliphatic heterocycles. The van der Waals surface area contributed by atoms with E-state index in [1.165, 1.54) is 0 Å². The van der Waals surface area contributed by atoms with Gasteiger partial charge in [0.25, 0.3) is 5.91 Å². The minimum absolute atomic E-state index is 0.234. The zero-order valence-electron chi connectivity index (χ0n) is 19.4. The van der Waals surface area contributed by atoms with Gasteiger partial charge in [-0.05, 0) is 23.8 Å². The number of benzene rings is 3. The lowest BCUT2D eigenvalue weighted by Gasteiger charge is -2.37. The third-order valence-corrected chi connectivity index (χ3v) is 6.47. The van der Waals surface area contributed by atoms with Crippen LogP contribution < -0.4 is 19.9 Å². The first-order valence-electron chi connectivity index (χ1n) is 11.5. The van der Waals surface area contributed by atoms with Crippen LogP contribution in [0.15, 0.2) is 72.8 Å². The Bertz CT molecular complexity index is 1340. The van der Waals surface area contributed by atoms with Gasteiger partial charge in [-0.15, -0.1) is 10.2 Å². The first-order valence-corrected chi connectivity index (χ1v) is 11.9. The molecule has 35 heavy (non-hydrogen) atoms. The van der Waals surface area contributed by atoms with Crippen molar-refractivity contribution in [2.45, 2.75) is 6.54 Å². The fourth-order valence-corrected chi connectivity index (χ4v) is 4.59. The number of ether oxygens (including phenoxy) is 1. The van der Waals surface area contributed by atoms with Crippen LogP contribution in [0.4, 0.5) is 11.5 Å². The molecule has 0 spiro atoms. The number of halogens is 1. The highest BCUT2D eigenvalue weighted by Crippen LogP contribution is 2.33. The number of methoxy groups -OCH3 is 1. The van der Waals surface area contributed by atoms with E-state index in [1.807, 2.05) is 72.8 Å². The summed E-state index contributed by atoms with van der Waals surface area (Å²) in [6, 6.07) is 23.3. The van der Waals surface area contributed by atoms with Gasteiger partial charge in [0, 0.05) is 48.5 Å². The lowest BCUT2D eigenvalue weighted by atomic mass is 10.1. The fourth-order valence-electron chi connectivity index (χ4n) is 4.42. The van der Waals surface area contributed by atoms with Crippen LogP contribution in [-0.4, -0.2) is 49.4 Å². The molecule has 4 aromatic rings. The summed E-state index contributed by atoms with van der Waals surface area (Å²) in [4.78, 5) is 17.4. The van der Waals surface area contributed by atoms with Gasteiger partial charge >= 0.3 is 0 Å². The lowest BCUT2D eigenvalue weighted by molar-refractivity contribution is 0.0947. The van der Waals surface area contributed by atoms with Gasteiger partial charge in [0.15, 0.2) is 11.5 Å². The number of carbonyl (C=O) groups is 1. The topological polar surface area (TPSA) is 70.6 Å². The van der Waals surface area contributed by atoms with Crippen LogP contribution in [0.25, 0.3) is 10.8 Å². The minimum atomic E-state index is -0.234. The van der Waals surface area contributed by atoms with Crippen molar-refractivity contribution < 1.29 is 9.53 Å². The average Bonchev–Trinajstić information content (AvgIpc) is 2.92. The predicted octanol–water partition coefficient (Wildman–Crippen LogP) is 4.55. The Morgan fingerprint density at radius 1 is 0.914 bits per heavy atom. The second kappa shape index (κ2) is 10.2. The van der Waals surface area contributed by atoms with Crippen LogP contribution in [-0.2, 0) is 6.54 Å². The summed E-state index contributed by atoms with van der Waals surface area (Å²) in [5, 5.41) is 14.2. The second-order valence-electron chi connectivity index (χ2n) is 8.38. The molecule has 1 fully saturated rings. The van der Waals surface area contributed by atoms with E-state index in [9.17, 15) is 4.79 Å². The summed E-state index contributed by atoms with van der Waals surface area (Å²) in [6.45, 7) is 3.52. The largest absolute Gasteiger partial charge is 0.495 e. The molecule has 1 N–H and O–H groups in total. The number of nitrogens with one attached hydrogen (secondary N) is 1. The Kier molecular flexibility index (Phi) is 6.68. The van der Waals surface area contributed by atoms with Crippen molar-refractivity contribution >= 4 is 39.8 Å². The zero-order valence-corrected chi connectivity index (χ0v) is 20.2. The van der Waals surface area contributed by atoms with E-state index in [0.29, 0.717) is 17.3 Å². The maximum absolute atomic E-state index is 13.0. The molecule has 1 amide bonds. The summed E-state index contributed by atoms with van der Waals surface area (Å²) in [7, 11) is 1.67. The number of rotatable bonds is 6. The Morgan fingerprint density at radius 3 is 2.34 bits per heavy atom. The van der Waals surface area contributed by atoms with Gasteiger partial charge in [-0.25, -0.2) is 0 Å². The number of hydrogen-bond donors (Lipinski definition) is 1. The van der Waals surface area contributed by atoms with E-state index >= 15 is 0 Å². The first kappa shape index (κ1) is 22.9. The maximum atomic E-state index is 13.0. The van der Waals surface area contributed by atoms with Crippen molar-refractivity contribution in [2.75, 3.05) is 43.1 Å². The minimum Gasteiger partial charge on any atom is -0.495 e. The van der Waals surface area contributed by atoms with E-state index in [2.05, 4.69) is 25.3 Å². The summed E-state index contributed by atoms with van der Waals surface area (Å²) < 4.78 is 5.53. The molecule has 0 radical (unpaired) electrons. The van der Waals surface area contributed by atoms with Crippen LogP contribution in [0.2, 0.25) is 5.02 Å². The van der Waals surface area contributed by atoms with E-state index < -0.39 is 0 Å². The highest BCUT2D eigenvalue weighted by atomic mass is 35.5. The zero-order chi connectivity index (χ0) is 24.2. The quantitative estimate of drug-likeness (QED) is 0.430.